The standard InChI is InChI=1S/C19H21ClN4O4/c1-11(25)23-13-5-7-17(28-3)16(9-13)24-18(26)10-22-12-4-6-14(15(20)8-12)19(27)21-2/h4-9,22H,10H2,1-3H3,(H,21,27)(H,23,25)(H,24,26). The zero-order valence-electron chi connectivity index (χ0n) is 15.7. The molecule has 0 aliphatic heterocycles. The molecule has 0 atom stereocenters. The highest BCUT2D eigenvalue weighted by Crippen LogP contribution is 2.28. The zero-order valence-corrected chi connectivity index (χ0v) is 16.4. The summed E-state index contributed by atoms with van der Waals surface area (Å²) in [5.74, 6) is -0.383. The first-order chi connectivity index (χ1) is 13.3. The van der Waals surface area contributed by atoms with Crippen LogP contribution in [0.1, 0.15) is 17.3 Å². The molecule has 2 rings (SSSR count). The maximum atomic E-state index is 12.3. The normalized spacial score (nSPS) is 10.0. The maximum absolute atomic E-state index is 12.3. The molecule has 28 heavy (non-hydrogen) atoms. The van der Waals surface area contributed by atoms with Gasteiger partial charge in [0.15, 0.2) is 0 Å². The Balaban J connectivity index is 2.03. The molecule has 2 aromatic carbocycles. The minimum absolute atomic E-state index is 0.0385. The van der Waals surface area contributed by atoms with E-state index in [0.29, 0.717) is 28.4 Å². The van der Waals surface area contributed by atoms with E-state index < -0.39 is 0 Å². The minimum Gasteiger partial charge on any atom is -0.495 e. The van der Waals surface area contributed by atoms with Crippen molar-refractivity contribution in [1.29, 1.82) is 0 Å². The highest BCUT2D eigenvalue weighted by Gasteiger charge is 2.11. The van der Waals surface area contributed by atoms with Crippen LogP contribution >= 0.6 is 11.6 Å². The molecule has 4 N–H and O–H groups in total. The Bertz CT molecular complexity index is 901. The van der Waals surface area contributed by atoms with Gasteiger partial charge in [-0.05, 0) is 36.4 Å². The van der Waals surface area contributed by atoms with Crippen LogP contribution in [0, 0.1) is 0 Å². The number of nitrogens with one attached hydrogen (secondary N) is 4. The quantitative estimate of drug-likeness (QED) is 0.567. The summed E-state index contributed by atoms with van der Waals surface area (Å²) in [5.41, 5.74) is 1.90. The Kier molecular flexibility index (Phi) is 7.22. The smallest absolute Gasteiger partial charge is 0.252 e. The van der Waals surface area contributed by atoms with E-state index >= 15 is 0 Å². The van der Waals surface area contributed by atoms with Crippen molar-refractivity contribution in [3.8, 4) is 5.75 Å². The molecule has 0 spiro atoms. The summed E-state index contributed by atoms with van der Waals surface area (Å²) in [4.78, 5) is 35.1. The lowest BCUT2D eigenvalue weighted by atomic mass is 10.2. The zero-order chi connectivity index (χ0) is 20.7. The molecule has 148 valence electrons. The predicted octanol–water partition coefficient (Wildman–Crippen LogP) is 2.72. The second kappa shape index (κ2) is 9.61. The molecule has 0 aliphatic carbocycles. The SMILES string of the molecule is CNC(=O)c1ccc(NCC(=O)Nc2cc(NC(C)=O)ccc2OC)cc1Cl. The van der Waals surface area contributed by atoms with Crippen LogP contribution in [0.2, 0.25) is 5.02 Å². The molecule has 3 amide bonds. The van der Waals surface area contributed by atoms with Gasteiger partial charge in [-0.25, -0.2) is 0 Å². The van der Waals surface area contributed by atoms with Crippen molar-refractivity contribution in [1.82, 2.24) is 5.32 Å². The third-order valence-corrected chi connectivity index (χ3v) is 4.00. The Morgan fingerprint density at radius 2 is 1.75 bits per heavy atom. The van der Waals surface area contributed by atoms with Gasteiger partial charge in [-0.1, -0.05) is 11.6 Å². The number of anilines is 3. The van der Waals surface area contributed by atoms with Crippen molar-refractivity contribution in [2.75, 3.05) is 36.7 Å². The number of carbonyl (C=O) groups excluding carboxylic acids is 3. The second-order valence-corrected chi connectivity index (χ2v) is 6.18. The molecule has 0 aliphatic rings. The van der Waals surface area contributed by atoms with E-state index in [9.17, 15) is 14.4 Å². The molecule has 0 aromatic heterocycles. The van der Waals surface area contributed by atoms with Crippen molar-refractivity contribution < 1.29 is 19.1 Å². The van der Waals surface area contributed by atoms with Crippen LogP contribution in [-0.2, 0) is 9.59 Å². The highest BCUT2D eigenvalue weighted by molar-refractivity contribution is 6.34. The Morgan fingerprint density at radius 1 is 1.04 bits per heavy atom. The molecular formula is C19H21ClN4O4. The number of hydrogen-bond acceptors (Lipinski definition) is 5. The lowest BCUT2D eigenvalue weighted by Crippen LogP contribution is -2.22. The van der Waals surface area contributed by atoms with E-state index in [1.54, 1.807) is 36.4 Å². The van der Waals surface area contributed by atoms with Crippen molar-refractivity contribution in [2.24, 2.45) is 0 Å². The number of amides is 3. The average molecular weight is 405 g/mol. The first-order valence-electron chi connectivity index (χ1n) is 8.35. The first kappa shape index (κ1) is 21.0. The Labute approximate surface area is 167 Å². The minimum atomic E-state index is -0.329. The summed E-state index contributed by atoms with van der Waals surface area (Å²) < 4.78 is 5.23. The van der Waals surface area contributed by atoms with Crippen LogP contribution in [0.25, 0.3) is 0 Å². The monoisotopic (exact) mass is 404 g/mol. The van der Waals surface area contributed by atoms with Crippen LogP contribution in [0.4, 0.5) is 17.1 Å². The largest absolute Gasteiger partial charge is 0.495 e. The number of hydrogen-bond donors (Lipinski definition) is 4. The van der Waals surface area contributed by atoms with Gasteiger partial charge in [-0.3, -0.25) is 14.4 Å². The first-order valence-corrected chi connectivity index (χ1v) is 8.72. The van der Waals surface area contributed by atoms with Gasteiger partial charge in [0.2, 0.25) is 11.8 Å². The molecule has 9 heteroatoms. The lowest BCUT2D eigenvalue weighted by molar-refractivity contribution is -0.115. The summed E-state index contributed by atoms with van der Waals surface area (Å²) in [6, 6.07) is 9.71. The second-order valence-electron chi connectivity index (χ2n) is 5.77. The number of carbonyl (C=O) groups is 3. The molecule has 0 unspecified atom stereocenters. The van der Waals surface area contributed by atoms with Crippen LogP contribution in [-0.4, -0.2) is 38.4 Å². The van der Waals surface area contributed by atoms with Crippen molar-refractivity contribution in [3.63, 3.8) is 0 Å². The summed E-state index contributed by atoms with van der Waals surface area (Å²) in [6.45, 7) is 1.36. The summed E-state index contributed by atoms with van der Waals surface area (Å²) in [7, 11) is 3.00. The van der Waals surface area contributed by atoms with Gasteiger partial charge in [0.1, 0.15) is 5.75 Å². The number of methoxy groups -OCH3 is 1. The Hall–Kier alpha value is -3.26. The average Bonchev–Trinajstić information content (AvgIpc) is 2.65. The van der Waals surface area contributed by atoms with E-state index in [4.69, 9.17) is 16.3 Å². The lowest BCUT2D eigenvalue weighted by Gasteiger charge is -2.13. The van der Waals surface area contributed by atoms with Crippen LogP contribution < -0.4 is 26.0 Å². The molecule has 8 nitrogen and oxygen atoms in total. The van der Waals surface area contributed by atoms with Crippen molar-refractivity contribution in [2.45, 2.75) is 6.92 Å². The molecule has 0 saturated heterocycles. The Morgan fingerprint density at radius 3 is 2.36 bits per heavy atom. The fourth-order valence-electron chi connectivity index (χ4n) is 2.41. The van der Waals surface area contributed by atoms with Crippen molar-refractivity contribution >= 4 is 46.4 Å². The highest BCUT2D eigenvalue weighted by atomic mass is 35.5. The number of halogens is 1. The van der Waals surface area contributed by atoms with Gasteiger partial charge in [0, 0.05) is 25.3 Å². The molecule has 0 radical (unpaired) electrons. The van der Waals surface area contributed by atoms with E-state index in [2.05, 4.69) is 21.3 Å². The van der Waals surface area contributed by atoms with E-state index in [-0.39, 0.29) is 29.3 Å². The van der Waals surface area contributed by atoms with Crippen LogP contribution in [0.3, 0.4) is 0 Å². The fourth-order valence-corrected chi connectivity index (χ4v) is 2.67. The van der Waals surface area contributed by atoms with Crippen molar-refractivity contribution in [3.05, 3.63) is 47.0 Å². The molecule has 0 fully saturated rings. The molecule has 0 saturated carbocycles. The molecule has 0 bridgehead atoms. The van der Waals surface area contributed by atoms with E-state index in [1.165, 1.54) is 21.1 Å². The molecule has 2 aromatic rings. The van der Waals surface area contributed by atoms with Crippen LogP contribution in [0.5, 0.6) is 5.75 Å². The van der Waals surface area contributed by atoms with Gasteiger partial charge in [-0.2, -0.15) is 0 Å². The van der Waals surface area contributed by atoms with Gasteiger partial charge < -0.3 is 26.0 Å². The number of ether oxygens (including phenoxy) is 1. The van der Waals surface area contributed by atoms with Gasteiger partial charge in [0.05, 0.1) is 29.9 Å². The summed E-state index contributed by atoms with van der Waals surface area (Å²) in [6.07, 6.45) is 0. The van der Waals surface area contributed by atoms with Crippen LogP contribution in [0.15, 0.2) is 36.4 Å². The topological polar surface area (TPSA) is 109 Å². The van der Waals surface area contributed by atoms with E-state index in [1.807, 2.05) is 0 Å². The van der Waals surface area contributed by atoms with Gasteiger partial charge in [-0.15, -0.1) is 0 Å². The predicted molar refractivity (Wildman–Crippen MR) is 109 cm³/mol. The maximum Gasteiger partial charge on any atom is 0.252 e. The molecule has 0 heterocycles. The summed E-state index contributed by atoms with van der Waals surface area (Å²) in [5, 5.41) is 11.1. The van der Waals surface area contributed by atoms with Gasteiger partial charge in [0.25, 0.3) is 5.91 Å². The summed E-state index contributed by atoms with van der Waals surface area (Å²) >= 11 is 6.09. The third-order valence-electron chi connectivity index (χ3n) is 3.69. The molecular weight excluding hydrogens is 384 g/mol. The van der Waals surface area contributed by atoms with Gasteiger partial charge >= 0.3 is 0 Å². The fraction of sp³-hybridized carbons (Fsp3) is 0.211. The number of benzene rings is 2. The third kappa shape index (κ3) is 5.62. The van der Waals surface area contributed by atoms with E-state index in [0.717, 1.165) is 0 Å². The number of rotatable bonds is 7.